The molecule has 56 valence electrons. The van der Waals surface area contributed by atoms with Crippen LogP contribution >= 0.6 is 0 Å². The molecule has 11 heavy (non-hydrogen) atoms. The summed E-state index contributed by atoms with van der Waals surface area (Å²) >= 11 is 0. The number of rotatable bonds is 1. The van der Waals surface area contributed by atoms with Crippen molar-refractivity contribution in [1.82, 2.24) is 4.98 Å². The van der Waals surface area contributed by atoms with E-state index in [2.05, 4.69) is 4.98 Å². The van der Waals surface area contributed by atoms with E-state index in [1.165, 1.54) is 6.20 Å². The molecule has 0 aliphatic rings. The maximum absolute atomic E-state index is 13.0. The quantitative estimate of drug-likeness (QED) is 0.609. The molecular formula is C8H7FN2. The zero-order valence-electron chi connectivity index (χ0n) is 6.13. The summed E-state index contributed by atoms with van der Waals surface area (Å²) in [5, 5.41) is 8.28. The largest absolute Gasteiger partial charge is 0.257 e. The molecule has 1 aromatic rings. The molecule has 1 aromatic heterocycles. The van der Waals surface area contributed by atoms with Gasteiger partial charge in [-0.1, -0.05) is 0 Å². The number of nitrogens with zero attached hydrogens (tertiary/aromatic N) is 2. The highest BCUT2D eigenvalue weighted by molar-refractivity contribution is 5.19. The molecule has 0 spiro atoms. The first kappa shape index (κ1) is 7.67. The monoisotopic (exact) mass is 150 g/mol. The highest BCUT2D eigenvalue weighted by atomic mass is 19.1. The standard InChI is InChI=1S/C8H7FN2/c1-6-3-5-11-7(2-4-10)8(6)9/h3,5H,2H2,1H3. The lowest BCUT2D eigenvalue weighted by Gasteiger charge is -1.98. The topological polar surface area (TPSA) is 36.7 Å². The maximum Gasteiger partial charge on any atom is 0.148 e. The summed E-state index contributed by atoms with van der Waals surface area (Å²) in [4.78, 5) is 3.73. The van der Waals surface area contributed by atoms with Crippen LogP contribution in [0.1, 0.15) is 11.3 Å². The van der Waals surface area contributed by atoms with Crippen LogP contribution in [0.25, 0.3) is 0 Å². The van der Waals surface area contributed by atoms with Gasteiger partial charge in [0.2, 0.25) is 0 Å². The van der Waals surface area contributed by atoms with Gasteiger partial charge in [-0.25, -0.2) is 4.39 Å². The van der Waals surface area contributed by atoms with Crippen LogP contribution in [0.3, 0.4) is 0 Å². The Morgan fingerprint density at radius 2 is 2.45 bits per heavy atom. The van der Waals surface area contributed by atoms with Gasteiger partial charge in [-0.15, -0.1) is 0 Å². The smallest absolute Gasteiger partial charge is 0.148 e. The van der Waals surface area contributed by atoms with E-state index < -0.39 is 0 Å². The molecule has 3 heteroatoms. The van der Waals surface area contributed by atoms with Crippen LogP contribution in [0.4, 0.5) is 4.39 Å². The number of hydrogen-bond acceptors (Lipinski definition) is 2. The summed E-state index contributed by atoms with van der Waals surface area (Å²) in [6, 6.07) is 3.43. The van der Waals surface area contributed by atoms with E-state index in [0.29, 0.717) is 5.56 Å². The van der Waals surface area contributed by atoms with Crippen molar-refractivity contribution in [3.8, 4) is 6.07 Å². The number of hydrogen-bond donors (Lipinski definition) is 0. The van der Waals surface area contributed by atoms with Crippen LogP contribution in [0, 0.1) is 24.1 Å². The number of halogens is 1. The second-order valence-corrected chi connectivity index (χ2v) is 2.22. The second-order valence-electron chi connectivity index (χ2n) is 2.22. The van der Waals surface area contributed by atoms with Gasteiger partial charge in [0.1, 0.15) is 5.82 Å². The predicted molar refractivity (Wildman–Crippen MR) is 38.2 cm³/mol. The Labute approximate surface area is 64.3 Å². The summed E-state index contributed by atoms with van der Waals surface area (Å²) < 4.78 is 13.0. The number of pyridine rings is 1. The van der Waals surface area contributed by atoms with Crippen LogP contribution in [-0.4, -0.2) is 4.98 Å². The third-order valence-corrected chi connectivity index (χ3v) is 1.40. The minimum Gasteiger partial charge on any atom is -0.257 e. The van der Waals surface area contributed by atoms with E-state index in [1.807, 2.05) is 6.07 Å². The molecule has 0 aliphatic carbocycles. The molecule has 0 unspecified atom stereocenters. The lowest BCUT2D eigenvalue weighted by Crippen LogP contribution is -1.95. The van der Waals surface area contributed by atoms with E-state index in [4.69, 9.17) is 5.26 Å². The highest BCUT2D eigenvalue weighted by Gasteiger charge is 2.04. The van der Waals surface area contributed by atoms with Crippen molar-refractivity contribution in [2.24, 2.45) is 0 Å². The van der Waals surface area contributed by atoms with Gasteiger partial charge in [0.05, 0.1) is 18.2 Å². The van der Waals surface area contributed by atoms with Crippen LogP contribution < -0.4 is 0 Å². The van der Waals surface area contributed by atoms with E-state index >= 15 is 0 Å². The van der Waals surface area contributed by atoms with Crippen molar-refractivity contribution in [3.63, 3.8) is 0 Å². The van der Waals surface area contributed by atoms with Gasteiger partial charge >= 0.3 is 0 Å². The second kappa shape index (κ2) is 3.11. The zero-order valence-corrected chi connectivity index (χ0v) is 6.13. The van der Waals surface area contributed by atoms with E-state index in [-0.39, 0.29) is 17.9 Å². The normalized spacial score (nSPS) is 9.18. The first-order valence-electron chi connectivity index (χ1n) is 3.22. The van der Waals surface area contributed by atoms with Gasteiger partial charge in [-0.2, -0.15) is 5.26 Å². The molecule has 0 amide bonds. The molecule has 0 radical (unpaired) electrons. The first-order valence-corrected chi connectivity index (χ1v) is 3.22. The van der Waals surface area contributed by atoms with Crippen molar-refractivity contribution in [2.45, 2.75) is 13.3 Å². The summed E-state index contributed by atoms with van der Waals surface area (Å²) in [5.41, 5.74) is 0.762. The van der Waals surface area contributed by atoms with Crippen LogP contribution in [0.15, 0.2) is 12.3 Å². The molecule has 2 nitrogen and oxygen atoms in total. The Morgan fingerprint density at radius 3 is 3.09 bits per heavy atom. The maximum atomic E-state index is 13.0. The lowest BCUT2D eigenvalue weighted by atomic mass is 10.2. The Kier molecular flexibility index (Phi) is 2.17. The Hall–Kier alpha value is -1.43. The first-order chi connectivity index (χ1) is 5.25. The molecule has 0 bridgehead atoms. The third-order valence-electron chi connectivity index (χ3n) is 1.40. The Morgan fingerprint density at radius 1 is 1.73 bits per heavy atom. The minimum absolute atomic E-state index is 0.0352. The summed E-state index contributed by atoms with van der Waals surface area (Å²) in [7, 11) is 0. The molecule has 0 saturated heterocycles. The van der Waals surface area contributed by atoms with E-state index in [9.17, 15) is 4.39 Å². The molecule has 1 rings (SSSR count). The lowest BCUT2D eigenvalue weighted by molar-refractivity contribution is 0.596. The molecule has 0 atom stereocenters. The average molecular weight is 150 g/mol. The average Bonchev–Trinajstić information content (AvgIpc) is 1.99. The molecule has 0 N–H and O–H groups in total. The minimum atomic E-state index is -0.367. The molecule has 0 aliphatic heterocycles. The van der Waals surface area contributed by atoms with E-state index in [0.717, 1.165) is 0 Å². The third kappa shape index (κ3) is 1.53. The number of nitriles is 1. The summed E-state index contributed by atoms with van der Waals surface area (Å²) in [6.45, 7) is 1.65. The van der Waals surface area contributed by atoms with Crippen molar-refractivity contribution in [2.75, 3.05) is 0 Å². The van der Waals surface area contributed by atoms with Crippen LogP contribution in [0.5, 0.6) is 0 Å². The number of aromatic nitrogens is 1. The van der Waals surface area contributed by atoms with Crippen molar-refractivity contribution in [3.05, 3.63) is 29.3 Å². The molecule has 0 fully saturated rings. The molecular weight excluding hydrogens is 143 g/mol. The summed E-state index contributed by atoms with van der Waals surface area (Å²) in [5.74, 6) is -0.367. The molecule has 0 aromatic carbocycles. The SMILES string of the molecule is Cc1ccnc(CC#N)c1F. The molecule has 0 saturated carbocycles. The van der Waals surface area contributed by atoms with Crippen molar-refractivity contribution < 1.29 is 4.39 Å². The highest BCUT2D eigenvalue weighted by Crippen LogP contribution is 2.08. The van der Waals surface area contributed by atoms with Gasteiger partial charge in [0.15, 0.2) is 0 Å². The van der Waals surface area contributed by atoms with Crippen molar-refractivity contribution >= 4 is 0 Å². The number of aryl methyl sites for hydroxylation is 1. The fourth-order valence-corrected chi connectivity index (χ4v) is 0.795. The van der Waals surface area contributed by atoms with Gasteiger partial charge in [-0.05, 0) is 18.6 Å². The predicted octanol–water partition coefficient (Wildman–Crippen LogP) is 1.60. The van der Waals surface area contributed by atoms with E-state index in [1.54, 1.807) is 13.0 Å². The van der Waals surface area contributed by atoms with Gasteiger partial charge in [0, 0.05) is 6.20 Å². The Balaban J connectivity index is 3.08. The molecule has 1 heterocycles. The van der Waals surface area contributed by atoms with Crippen molar-refractivity contribution in [1.29, 1.82) is 5.26 Å². The van der Waals surface area contributed by atoms with Crippen LogP contribution in [-0.2, 0) is 6.42 Å². The van der Waals surface area contributed by atoms with Gasteiger partial charge in [-0.3, -0.25) is 4.98 Å². The van der Waals surface area contributed by atoms with Crippen LogP contribution in [0.2, 0.25) is 0 Å². The zero-order chi connectivity index (χ0) is 8.27. The fourth-order valence-electron chi connectivity index (χ4n) is 0.795. The Bertz CT molecular complexity index is 301. The summed E-state index contributed by atoms with van der Waals surface area (Å²) in [6.07, 6.45) is 1.54. The van der Waals surface area contributed by atoms with Gasteiger partial charge in [0.25, 0.3) is 0 Å². The van der Waals surface area contributed by atoms with Gasteiger partial charge < -0.3 is 0 Å². The fraction of sp³-hybridized carbons (Fsp3) is 0.250.